The molecule has 3 N–H and O–H groups in total. The van der Waals surface area contributed by atoms with Gasteiger partial charge in [-0.25, -0.2) is 4.79 Å². The SMILES string of the molecule is O=C(O)c1ccc(-c2n[nH]c3c2CN(C(=O)C(CO)c2ccccc2)C3)s1. The Kier molecular flexibility index (Phi) is 4.51. The number of thiophene rings is 1. The van der Waals surface area contributed by atoms with Crippen LogP contribution in [-0.2, 0) is 17.9 Å². The number of H-pyrrole nitrogens is 1. The first-order valence-corrected chi connectivity index (χ1v) is 9.24. The minimum atomic E-state index is -0.969. The lowest BCUT2D eigenvalue weighted by atomic mass is 9.98. The molecule has 138 valence electrons. The maximum atomic E-state index is 12.9. The van der Waals surface area contributed by atoms with E-state index in [9.17, 15) is 14.7 Å². The summed E-state index contributed by atoms with van der Waals surface area (Å²) in [6.07, 6.45) is 0. The molecule has 3 aromatic rings. The largest absolute Gasteiger partial charge is 0.477 e. The van der Waals surface area contributed by atoms with Gasteiger partial charge in [-0.2, -0.15) is 5.10 Å². The van der Waals surface area contributed by atoms with E-state index in [1.807, 2.05) is 30.3 Å². The van der Waals surface area contributed by atoms with Crippen molar-refractivity contribution in [3.63, 3.8) is 0 Å². The van der Waals surface area contributed by atoms with Gasteiger partial charge in [-0.05, 0) is 17.7 Å². The van der Waals surface area contributed by atoms with Crippen LogP contribution in [-0.4, -0.2) is 43.8 Å². The minimum absolute atomic E-state index is 0.142. The number of amides is 1. The van der Waals surface area contributed by atoms with Crippen LogP contribution in [0.5, 0.6) is 0 Å². The van der Waals surface area contributed by atoms with Gasteiger partial charge in [-0.1, -0.05) is 30.3 Å². The highest BCUT2D eigenvalue weighted by Gasteiger charge is 2.33. The molecule has 7 nitrogen and oxygen atoms in total. The summed E-state index contributed by atoms with van der Waals surface area (Å²) in [6, 6.07) is 12.5. The van der Waals surface area contributed by atoms with E-state index in [0.29, 0.717) is 18.8 Å². The van der Waals surface area contributed by atoms with E-state index < -0.39 is 11.9 Å². The Morgan fingerprint density at radius 3 is 2.63 bits per heavy atom. The Balaban J connectivity index is 1.57. The molecule has 0 saturated heterocycles. The van der Waals surface area contributed by atoms with Gasteiger partial charge < -0.3 is 15.1 Å². The van der Waals surface area contributed by atoms with Gasteiger partial charge in [0.15, 0.2) is 0 Å². The van der Waals surface area contributed by atoms with E-state index in [-0.39, 0.29) is 17.4 Å². The van der Waals surface area contributed by atoms with E-state index in [1.54, 1.807) is 17.0 Å². The predicted octanol–water partition coefficient (Wildman–Crippen LogP) is 2.45. The van der Waals surface area contributed by atoms with Crippen LogP contribution in [0.15, 0.2) is 42.5 Å². The second-order valence-electron chi connectivity index (χ2n) is 6.34. The first-order valence-electron chi connectivity index (χ1n) is 8.42. The standard InChI is InChI=1S/C19H17N3O4S/c23-10-13(11-4-2-1-3-5-11)18(24)22-8-12-14(9-22)20-21-17(12)15-6-7-16(27-15)19(25)26/h1-7,13,23H,8-10H2,(H,20,21)(H,25,26). The molecule has 3 heterocycles. The summed E-state index contributed by atoms with van der Waals surface area (Å²) in [7, 11) is 0. The van der Waals surface area contributed by atoms with E-state index in [4.69, 9.17) is 5.11 Å². The van der Waals surface area contributed by atoms with Crippen molar-refractivity contribution >= 4 is 23.2 Å². The quantitative estimate of drug-likeness (QED) is 0.627. The fourth-order valence-corrected chi connectivity index (χ4v) is 4.17. The molecule has 27 heavy (non-hydrogen) atoms. The molecular formula is C19H17N3O4S. The number of hydrogen-bond acceptors (Lipinski definition) is 5. The summed E-state index contributed by atoms with van der Waals surface area (Å²) in [5.74, 6) is -1.72. The number of aromatic amines is 1. The third-order valence-corrected chi connectivity index (χ3v) is 5.78. The fourth-order valence-electron chi connectivity index (χ4n) is 3.31. The number of aliphatic hydroxyl groups is 1. The Hall–Kier alpha value is -2.97. The number of hydrogen-bond donors (Lipinski definition) is 3. The molecule has 1 unspecified atom stereocenters. The zero-order chi connectivity index (χ0) is 19.0. The molecule has 4 rings (SSSR count). The lowest BCUT2D eigenvalue weighted by Gasteiger charge is -2.22. The first-order chi connectivity index (χ1) is 13.1. The number of carboxylic acids is 1. The van der Waals surface area contributed by atoms with Crippen molar-refractivity contribution in [2.45, 2.75) is 19.0 Å². The molecule has 0 aliphatic carbocycles. The summed E-state index contributed by atoms with van der Waals surface area (Å²) >= 11 is 1.16. The van der Waals surface area contributed by atoms with Crippen molar-refractivity contribution in [2.75, 3.05) is 6.61 Å². The number of nitrogens with zero attached hydrogens (tertiary/aromatic N) is 2. The average Bonchev–Trinajstić information content (AvgIpc) is 3.38. The average molecular weight is 383 g/mol. The van der Waals surface area contributed by atoms with Crippen molar-refractivity contribution in [3.05, 3.63) is 64.2 Å². The third kappa shape index (κ3) is 3.13. The molecule has 1 aliphatic rings. The number of rotatable bonds is 5. The highest BCUT2D eigenvalue weighted by molar-refractivity contribution is 7.17. The van der Waals surface area contributed by atoms with Crippen LogP contribution >= 0.6 is 11.3 Å². The highest BCUT2D eigenvalue weighted by atomic mass is 32.1. The third-order valence-electron chi connectivity index (χ3n) is 4.70. The van der Waals surface area contributed by atoms with Crippen LogP contribution < -0.4 is 0 Å². The van der Waals surface area contributed by atoms with Gasteiger partial charge >= 0.3 is 5.97 Å². The summed E-state index contributed by atoms with van der Waals surface area (Å²) in [4.78, 5) is 26.7. The van der Waals surface area contributed by atoms with Crippen molar-refractivity contribution in [3.8, 4) is 10.6 Å². The van der Waals surface area contributed by atoms with Crippen LogP contribution in [0.2, 0.25) is 0 Å². The zero-order valence-electron chi connectivity index (χ0n) is 14.3. The molecule has 8 heteroatoms. The molecule has 0 radical (unpaired) electrons. The van der Waals surface area contributed by atoms with Crippen molar-refractivity contribution in [1.82, 2.24) is 15.1 Å². The molecule has 0 fully saturated rings. The normalized spacial score (nSPS) is 14.2. The van der Waals surface area contributed by atoms with Crippen molar-refractivity contribution in [2.24, 2.45) is 0 Å². The van der Waals surface area contributed by atoms with Crippen molar-refractivity contribution in [1.29, 1.82) is 0 Å². The Bertz CT molecular complexity index is 996. The fraction of sp³-hybridized carbons (Fsp3) is 0.211. The Morgan fingerprint density at radius 1 is 1.19 bits per heavy atom. The number of carboxylic acid groups (broad SMARTS) is 1. The van der Waals surface area contributed by atoms with Crippen LogP contribution in [0.3, 0.4) is 0 Å². The number of aliphatic hydroxyl groups excluding tert-OH is 1. The lowest BCUT2D eigenvalue weighted by molar-refractivity contribution is -0.134. The van der Waals surface area contributed by atoms with Gasteiger partial charge in [0.05, 0.1) is 36.2 Å². The maximum absolute atomic E-state index is 12.9. The van der Waals surface area contributed by atoms with Crippen LogP contribution in [0.25, 0.3) is 10.6 Å². The predicted molar refractivity (Wildman–Crippen MR) is 99.4 cm³/mol. The van der Waals surface area contributed by atoms with Gasteiger partial charge in [0.1, 0.15) is 10.6 Å². The number of nitrogens with one attached hydrogen (secondary N) is 1. The van der Waals surface area contributed by atoms with Gasteiger partial charge in [0.25, 0.3) is 0 Å². The van der Waals surface area contributed by atoms with Crippen LogP contribution in [0.4, 0.5) is 0 Å². The Morgan fingerprint density at radius 2 is 1.96 bits per heavy atom. The molecule has 0 bridgehead atoms. The topological polar surface area (TPSA) is 107 Å². The lowest BCUT2D eigenvalue weighted by Crippen LogP contribution is -2.32. The summed E-state index contributed by atoms with van der Waals surface area (Å²) < 4.78 is 0. The smallest absolute Gasteiger partial charge is 0.345 e. The van der Waals surface area contributed by atoms with Crippen LogP contribution in [0.1, 0.15) is 32.4 Å². The van der Waals surface area contributed by atoms with E-state index in [2.05, 4.69) is 10.2 Å². The van der Waals surface area contributed by atoms with Crippen LogP contribution in [0, 0.1) is 0 Å². The molecule has 1 amide bonds. The molecule has 2 aromatic heterocycles. The molecule has 0 spiro atoms. The van der Waals surface area contributed by atoms with Crippen molar-refractivity contribution < 1.29 is 19.8 Å². The van der Waals surface area contributed by atoms with E-state index >= 15 is 0 Å². The zero-order valence-corrected chi connectivity index (χ0v) is 15.1. The Labute approximate surface area is 158 Å². The molecular weight excluding hydrogens is 366 g/mol. The number of carbonyl (C=O) groups is 2. The number of fused-ring (bicyclic) bond motifs is 1. The maximum Gasteiger partial charge on any atom is 0.345 e. The second-order valence-corrected chi connectivity index (χ2v) is 7.42. The van der Waals surface area contributed by atoms with Gasteiger partial charge in [-0.15, -0.1) is 11.3 Å². The monoisotopic (exact) mass is 383 g/mol. The molecule has 1 aromatic carbocycles. The molecule has 1 atom stereocenters. The number of carbonyl (C=O) groups excluding carboxylic acids is 1. The minimum Gasteiger partial charge on any atom is -0.477 e. The second kappa shape index (κ2) is 6.98. The van der Waals surface area contributed by atoms with Gasteiger partial charge in [-0.3, -0.25) is 9.89 Å². The van der Waals surface area contributed by atoms with Gasteiger partial charge in [0.2, 0.25) is 5.91 Å². The number of benzene rings is 1. The number of aromatic nitrogens is 2. The summed E-state index contributed by atoms with van der Waals surface area (Å²) in [5.41, 5.74) is 3.20. The van der Waals surface area contributed by atoms with E-state index in [0.717, 1.165) is 33.0 Å². The summed E-state index contributed by atoms with van der Waals surface area (Å²) in [5, 5.41) is 26.1. The molecule has 0 saturated carbocycles. The highest BCUT2D eigenvalue weighted by Crippen LogP contribution is 2.35. The number of aromatic carboxylic acids is 1. The first kappa shape index (κ1) is 17.4. The van der Waals surface area contributed by atoms with Gasteiger partial charge in [0, 0.05) is 5.56 Å². The summed E-state index contributed by atoms with van der Waals surface area (Å²) in [6.45, 7) is 0.511. The molecule has 1 aliphatic heterocycles. The van der Waals surface area contributed by atoms with E-state index in [1.165, 1.54) is 0 Å².